The number of ether oxygens (including phenoxy) is 2. The van der Waals surface area contributed by atoms with Crippen LogP contribution in [0.25, 0.3) is 0 Å². The second-order valence-corrected chi connectivity index (χ2v) is 4.20. The largest absolute Gasteiger partial charge is 0.497 e. The van der Waals surface area contributed by atoms with Crippen LogP contribution in [0.2, 0.25) is 0 Å². The van der Waals surface area contributed by atoms with Crippen LogP contribution in [-0.4, -0.2) is 37.7 Å². The number of aliphatic carboxylic acids is 1. The molecule has 0 unspecified atom stereocenters. The minimum atomic E-state index is -0.867. The minimum Gasteiger partial charge on any atom is -0.497 e. The third kappa shape index (κ3) is 5.17. The molecule has 6 nitrogen and oxygen atoms in total. The number of carboxylic acid groups (broad SMARTS) is 1. The second-order valence-electron chi connectivity index (χ2n) is 4.20. The third-order valence-electron chi connectivity index (χ3n) is 2.73. The molecule has 20 heavy (non-hydrogen) atoms. The number of carbonyl (C=O) groups is 2. The number of rotatable bonds is 8. The van der Waals surface area contributed by atoms with Crippen LogP contribution in [0.15, 0.2) is 18.2 Å². The molecule has 6 heteroatoms. The van der Waals surface area contributed by atoms with Crippen molar-refractivity contribution in [2.75, 3.05) is 20.8 Å². The fourth-order valence-electron chi connectivity index (χ4n) is 1.72. The van der Waals surface area contributed by atoms with Crippen molar-refractivity contribution in [3.63, 3.8) is 0 Å². The maximum Gasteiger partial charge on any atom is 0.303 e. The molecule has 0 bridgehead atoms. The van der Waals surface area contributed by atoms with Crippen LogP contribution in [0, 0.1) is 0 Å². The highest BCUT2D eigenvalue weighted by atomic mass is 16.5. The normalized spacial score (nSPS) is 9.90. The van der Waals surface area contributed by atoms with Gasteiger partial charge in [-0.05, 0) is 24.6 Å². The minimum absolute atomic E-state index is 0.0444. The molecule has 0 aliphatic carbocycles. The molecule has 0 heterocycles. The highest BCUT2D eigenvalue weighted by Crippen LogP contribution is 2.24. The van der Waals surface area contributed by atoms with E-state index in [1.54, 1.807) is 25.3 Å². The van der Waals surface area contributed by atoms with Crippen LogP contribution in [0.1, 0.15) is 18.4 Å². The van der Waals surface area contributed by atoms with Crippen LogP contribution in [0.3, 0.4) is 0 Å². The fraction of sp³-hybridized carbons (Fsp3) is 0.429. The molecule has 0 aliphatic rings. The quantitative estimate of drug-likeness (QED) is 0.700. The molecular weight excluding hydrogens is 262 g/mol. The van der Waals surface area contributed by atoms with Crippen molar-refractivity contribution in [3.8, 4) is 11.5 Å². The number of methoxy groups -OCH3 is 2. The van der Waals surface area contributed by atoms with Gasteiger partial charge < -0.3 is 19.9 Å². The number of nitrogens with one attached hydrogen (secondary N) is 1. The molecule has 0 atom stereocenters. The van der Waals surface area contributed by atoms with Crippen LogP contribution in [0.5, 0.6) is 11.5 Å². The van der Waals surface area contributed by atoms with E-state index >= 15 is 0 Å². The molecule has 0 spiro atoms. The van der Waals surface area contributed by atoms with Gasteiger partial charge in [0.1, 0.15) is 11.5 Å². The topological polar surface area (TPSA) is 84.9 Å². The lowest BCUT2D eigenvalue weighted by atomic mass is 10.1. The first-order valence-corrected chi connectivity index (χ1v) is 6.26. The molecule has 1 amide bonds. The fourth-order valence-corrected chi connectivity index (χ4v) is 1.72. The Bertz CT molecular complexity index is 473. The van der Waals surface area contributed by atoms with E-state index in [1.165, 1.54) is 7.11 Å². The van der Waals surface area contributed by atoms with Crippen LogP contribution < -0.4 is 14.8 Å². The molecule has 1 rings (SSSR count). The Morgan fingerprint density at radius 3 is 2.60 bits per heavy atom. The summed E-state index contributed by atoms with van der Waals surface area (Å²) < 4.78 is 10.3. The van der Waals surface area contributed by atoms with Gasteiger partial charge in [-0.15, -0.1) is 0 Å². The molecule has 1 aromatic carbocycles. The zero-order chi connectivity index (χ0) is 15.0. The molecule has 0 aromatic heterocycles. The summed E-state index contributed by atoms with van der Waals surface area (Å²) in [6, 6.07) is 5.24. The first-order chi connectivity index (χ1) is 9.56. The predicted octanol–water partition coefficient (Wildman–Crippen LogP) is 1.23. The first kappa shape index (κ1) is 15.8. The van der Waals surface area contributed by atoms with E-state index in [1.807, 2.05) is 0 Å². The lowest BCUT2D eigenvalue weighted by Gasteiger charge is -2.10. The summed E-state index contributed by atoms with van der Waals surface area (Å²) in [6.45, 7) is 0.345. The van der Waals surface area contributed by atoms with Gasteiger partial charge in [-0.25, -0.2) is 0 Å². The summed E-state index contributed by atoms with van der Waals surface area (Å²) in [5, 5.41) is 11.2. The Morgan fingerprint density at radius 2 is 2.00 bits per heavy atom. The van der Waals surface area contributed by atoms with Gasteiger partial charge in [-0.2, -0.15) is 0 Å². The Balaban J connectivity index is 2.54. The van der Waals surface area contributed by atoms with Gasteiger partial charge in [-0.3, -0.25) is 9.59 Å². The molecule has 2 N–H and O–H groups in total. The maximum atomic E-state index is 11.8. The van der Waals surface area contributed by atoms with E-state index in [4.69, 9.17) is 14.6 Å². The molecule has 1 aromatic rings. The monoisotopic (exact) mass is 281 g/mol. The zero-order valence-corrected chi connectivity index (χ0v) is 11.6. The van der Waals surface area contributed by atoms with Crippen molar-refractivity contribution < 1.29 is 24.2 Å². The number of hydrogen-bond donors (Lipinski definition) is 2. The number of hydrogen-bond acceptors (Lipinski definition) is 4. The summed E-state index contributed by atoms with van der Waals surface area (Å²) in [5.41, 5.74) is 0.725. The summed E-state index contributed by atoms with van der Waals surface area (Å²) in [4.78, 5) is 22.1. The molecule has 0 aliphatic heterocycles. The van der Waals surface area contributed by atoms with Crippen LogP contribution in [0.4, 0.5) is 0 Å². The first-order valence-electron chi connectivity index (χ1n) is 6.26. The average molecular weight is 281 g/mol. The van der Waals surface area contributed by atoms with E-state index in [2.05, 4.69) is 5.32 Å². The van der Waals surface area contributed by atoms with E-state index in [9.17, 15) is 9.59 Å². The summed E-state index contributed by atoms with van der Waals surface area (Å²) in [5.74, 6) is 0.224. The molecule has 110 valence electrons. The van der Waals surface area contributed by atoms with Gasteiger partial charge in [0.05, 0.1) is 20.6 Å². The molecule has 0 fully saturated rings. The highest BCUT2D eigenvalue weighted by Gasteiger charge is 2.10. The number of carboxylic acids is 1. The average Bonchev–Trinajstić information content (AvgIpc) is 2.43. The SMILES string of the molecule is COc1ccc(OC)c(CC(=O)NCCCC(=O)O)c1. The zero-order valence-electron chi connectivity index (χ0n) is 11.6. The van der Waals surface area contributed by atoms with Crippen LogP contribution >= 0.6 is 0 Å². The van der Waals surface area contributed by atoms with Gasteiger partial charge in [0, 0.05) is 18.5 Å². The molecular formula is C14H19NO5. The Morgan fingerprint density at radius 1 is 1.25 bits per heavy atom. The van der Waals surface area contributed by atoms with Crippen molar-refractivity contribution in [2.24, 2.45) is 0 Å². The molecule has 0 saturated heterocycles. The van der Waals surface area contributed by atoms with Crippen molar-refractivity contribution in [3.05, 3.63) is 23.8 Å². The molecule has 0 radical (unpaired) electrons. The van der Waals surface area contributed by atoms with Crippen molar-refractivity contribution in [1.82, 2.24) is 5.32 Å². The Labute approximate surface area is 117 Å². The van der Waals surface area contributed by atoms with Gasteiger partial charge in [0.15, 0.2) is 0 Å². The number of amides is 1. The number of carbonyl (C=O) groups excluding carboxylic acids is 1. The summed E-state index contributed by atoms with van der Waals surface area (Å²) >= 11 is 0. The van der Waals surface area contributed by atoms with E-state index in [-0.39, 0.29) is 18.7 Å². The van der Waals surface area contributed by atoms with Gasteiger partial charge >= 0.3 is 5.97 Å². The van der Waals surface area contributed by atoms with E-state index < -0.39 is 5.97 Å². The predicted molar refractivity (Wildman–Crippen MR) is 73.1 cm³/mol. The smallest absolute Gasteiger partial charge is 0.303 e. The highest BCUT2D eigenvalue weighted by molar-refractivity contribution is 5.79. The summed E-state index contributed by atoms with van der Waals surface area (Å²) in [6.07, 6.45) is 0.618. The Kier molecular flexibility index (Phi) is 6.36. The molecule has 0 saturated carbocycles. The third-order valence-corrected chi connectivity index (χ3v) is 2.73. The Hall–Kier alpha value is -2.24. The van der Waals surface area contributed by atoms with Gasteiger partial charge in [0.2, 0.25) is 5.91 Å². The lowest BCUT2D eigenvalue weighted by Crippen LogP contribution is -2.26. The number of benzene rings is 1. The van der Waals surface area contributed by atoms with Crippen molar-refractivity contribution in [2.45, 2.75) is 19.3 Å². The van der Waals surface area contributed by atoms with Crippen LogP contribution in [-0.2, 0) is 16.0 Å². The van der Waals surface area contributed by atoms with Crippen molar-refractivity contribution in [1.29, 1.82) is 0 Å². The van der Waals surface area contributed by atoms with Gasteiger partial charge in [-0.1, -0.05) is 0 Å². The van der Waals surface area contributed by atoms with Gasteiger partial charge in [0.25, 0.3) is 0 Å². The maximum absolute atomic E-state index is 11.8. The lowest BCUT2D eigenvalue weighted by molar-refractivity contribution is -0.137. The van der Waals surface area contributed by atoms with Crippen molar-refractivity contribution >= 4 is 11.9 Å². The second kappa shape index (κ2) is 8.04. The summed E-state index contributed by atoms with van der Waals surface area (Å²) in [7, 11) is 3.09. The standard InChI is InChI=1S/C14H19NO5/c1-19-11-5-6-12(20-2)10(8-11)9-13(16)15-7-3-4-14(17)18/h5-6,8H,3-4,7,9H2,1-2H3,(H,15,16)(H,17,18). The van der Waals surface area contributed by atoms with E-state index in [0.29, 0.717) is 24.5 Å². The van der Waals surface area contributed by atoms with E-state index in [0.717, 1.165) is 5.56 Å².